The molecule has 0 aliphatic carbocycles. The van der Waals surface area contributed by atoms with Gasteiger partial charge >= 0.3 is 0 Å². The van der Waals surface area contributed by atoms with Crippen LogP contribution in [-0.2, 0) is 7.05 Å². The number of hydrogen-bond acceptors (Lipinski definition) is 2. The maximum absolute atomic E-state index is 2.30. The van der Waals surface area contributed by atoms with E-state index in [1.165, 1.54) is 43.2 Å². The van der Waals surface area contributed by atoms with Crippen molar-refractivity contribution in [1.29, 1.82) is 0 Å². The third kappa shape index (κ3) is 2.40. The second-order valence-electron chi connectivity index (χ2n) is 6.45. The van der Waals surface area contributed by atoms with E-state index < -0.39 is 0 Å². The highest BCUT2D eigenvalue weighted by Crippen LogP contribution is 2.46. The summed E-state index contributed by atoms with van der Waals surface area (Å²) in [6.45, 7) is 4.36. The van der Waals surface area contributed by atoms with E-state index in [4.69, 9.17) is 0 Å². The maximum Gasteiger partial charge on any atom is 0.212 e. The fraction of sp³-hybridized carbons (Fsp3) is 0.190. The number of benzene rings is 2. The number of thioether (sulfide) groups is 1. The van der Waals surface area contributed by atoms with Crippen LogP contribution in [0.15, 0.2) is 58.6 Å². The van der Waals surface area contributed by atoms with Crippen LogP contribution in [0.3, 0.4) is 0 Å². The molecule has 2 heterocycles. The first-order chi connectivity index (χ1) is 11.5. The third-order valence-corrected chi connectivity index (χ3v) is 5.98. The quantitative estimate of drug-likeness (QED) is 0.589. The van der Waals surface area contributed by atoms with Gasteiger partial charge in [0, 0.05) is 24.1 Å². The lowest BCUT2D eigenvalue weighted by Crippen LogP contribution is -2.28. The zero-order valence-corrected chi connectivity index (χ0v) is 15.3. The number of pyridine rings is 1. The van der Waals surface area contributed by atoms with Gasteiger partial charge in [0.15, 0.2) is 6.20 Å². The van der Waals surface area contributed by atoms with Gasteiger partial charge < -0.3 is 4.90 Å². The summed E-state index contributed by atoms with van der Waals surface area (Å²) in [5, 5.41) is 2.56. The Hall–Kier alpha value is -2.26. The molecule has 0 N–H and O–H groups in total. The Morgan fingerprint density at radius 2 is 1.79 bits per heavy atom. The minimum atomic E-state index is 1.25. The summed E-state index contributed by atoms with van der Waals surface area (Å²) < 4.78 is 2.17. The molecule has 3 aromatic rings. The van der Waals surface area contributed by atoms with Gasteiger partial charge in [-0.05, 0) is 54.8 Å². The summed E-state index contributed by atoms with van der Waals surface area (Å²) in [6.07, 6.45) is 4.44. The summed E-state index contributed by atoms with van der Waals surface area (Å²) in [4.78, 5) is 3.64. The number of aryl methyl sites for hydroxylation is 3. The zero-order valence-electron chi connectivity index (χ0n) is 14.5. The number of aromatic nitrogens is 1. The minimum Gasteiger partial charge on any atom is -0.338 e. The molecule has 0 saturated carbocycles. The van der Waals surface area contributed by atoms with Crippen molar-refractivity contribution in [1.82, 2.24) is 0 Å². The molecule has 2 nitrogen and oxygen atoms in total. The van der Waals surface area contributed by atoms with Gasteiger partial charge in [-0.15, -0.1) is 0 Å². The number of fused-ring (bicyclic) bond motifs is 2. The molecule has 0 radical (unpaired) electrons. The maximum atomic E-state index is 2.30. The molecule has 0 bridgehead atoms. The topological polar surface area (TPSA) is 7.12 Å². The summed E-state index contributed by atoms with van der Waals surface area (Å²) in [6, 6.07) is 15.4. The van der Waals surface area contributed by atoms with Crippen molar-refractivity contribution in [2.24, 2.45) is 7.05 Å². The van der Waals surface area contributed by atoms with Crippen molar-refractivity contribution < 1.29 is 4.57 Å². The van der Waals surface area contributed by atoms with E-state index in [0.29, 0.717) is 0 Å². The average Bonchev–Trinajstić information content (AvgIpc) is 2.87. The standard InChI is InChI=1S/C21H21N2S/c1-14-11-19-20(12-15(14)2)24-21(23(19)4)13-16-9-10-22(3)18-8-6-5-7-17(16)18/h5-13H,1-4H3/q+1. The molecule has 0 spiro atoms. The molecule has 4 rings (SSSR count). The molecule has 120 valence electrons. The van der Waals surface area contributed by atoms with Crippen LogP contribution in [0.4, 0.5) is 5.69 Å². The fourth-order valence-electron chi connectivity index (χ4n) is 3.19. The number of hydrogen-bond donors (Lipinski definition) is 0. The van der Waals surface area contributed by atoms with Crippen molar-refractivity contribution in [3.63, 3.8) is 0 Å². The molecule has 24 heavy (non-hydrogen) atoms. The molecule has 3 heteroatoms. The van der Waals surface area contributed by atoms with Crippen LogP contribution in [0.1, 0.15) is 16.7 Å². The molecular weight excluding hydrogens is 312 g/mol. The van der Waals surface area contributed by atoms with Gasteiger partial charge in [-0.25, -0.2) is 4.57 Å². The fourth-order valence-corrected chi connectivity index (χ4v) is 4.37. The highest BCUT2D eigenvalue weighted by Gasteiger charge is 2.23. The Balaban J connectivity index is 1.82. The highest BCUT2D eigenvalue weighted by molar-refractivity contribution is 8.03. The first-order valence-electron chi connectivity index (χ1n) is 8.16. The zero-order chi connectivity index (χ0) is 16.8. The second-order valence-corrected chi connectivity index (χ2v) is 7.51. The lowest BCUT2D eigenvalue weighted by molar-refractivity contribution is -0.644. The molecule has 2 aromatic carbocycles. The van der Waals surface area contributed by atoms with Crippen molar-refractivity contribution in [3.8, 4) is 0 Å². The monoisotopic (exact) mass is 333 g/mol. The summed E-state index contributed by atoms with van der Waals surface area (Å²) in [5.74, 6) is 0. The van der Waals surface area contributed by atoms with E-state index in [0.717, 1.165) is 0 Å². The normalized spacial score (nSPS) is 15.3. The number of para-hydroxylation sites is 1. The smallest absolute Gasteiger partial charge is 0.212 e. The van der Waals surface area contributed by atoms with Crippen molar-refractivity contribution in [2.45, 2.75) is 18.7 Å². The lowest BCUT2D eigenvalue weighted by atomic mass is 10.1. The average molecular weight is 333 g/mol. The van der Waals surface area contributed by atoms with Crippen LogP contribution < -0.4 is 9.47 Å². The molecule has 1 aromatic heterocycles. The van der Waals surface area contributed by atoms with Crippen LogP contribution in [0.2, 0.25) is 0 Å². The summed E-state index contributed by atoms with van der Waals surface area (Å²) in [7, 11) is 4.25. The molecule has 1 aliphatic rings. The van der Waals surface area contributed by atoms with Gasteiger partial charge in [0.1, 0.15) is 7.05 Å². The largest absolute Gasteiger partial charge is 0.338 e. The van der Waals surface area contributed by atoms with Crippen molar-refractivity contribution in [3.05, 3.63) is 70.4 Å². The number of anilines is 1. The van der Waals surface area contributed by atoms with E-state index in [1.807, 2.05) is 11.8 Å². The predicted molar refractivity (Wildman–Crippen MR) is 103 cm³/mol. The third-order valence-electron chi connectivity index (χ3n) is 4.83. The van der Waals surface area contributed by atoms with Gasteiger partial charge in [-0.3, -0.25) is 0 Å². The van der Waals surface area contributed by atoms with E-state index >= 15 is 0 Å². The molecule has 0 fully saturated rings. The molecule has 0 saturated heterocycles. The number of nitrogens with zero attached hydrogens (tertiary/aromatic N) is 2. The Morgan fingerprint density at radius 3 is 2.62 bits per heavy atom. The summed E-state index contributed by atoms with van der Waals surface area (Å²) >= 11 is 1.85. The summed E-state index contributed by atoms with van der Waals surface area (Å²) in [5.41, 5.74) is 6.52. The van der Waals surface area contributed by atoms with Crippen LogP contribution in [0, 0.1) is 13.8 Å². The molecule has 0 atom stereocenters. The molecule has 0 amide bonds. The van der Waals surface area contributed by atoms with Crippen molar-refractivity contribution >= 4 is 34.4 Å². The van der Waals surface area contributed by atoms with Gasteiger partial charge in [0.25, 0.3) is 0 Å². The Bertz CT molecular complexity index is 989. The predicted octanol–water partition coefficient (Wildman–Crippen LogP) is 4.82. The Kier molecular flexibility index (Phi) is 3.61. The first-order valence-corrected chi connectivity index (χ1v) is 8.98. The Labute approximate surface area is 147 Å². The second kappa shape index (κ2) is 5.67. The van der Waals surface area contributed by atoms with E-state index in [1.54, 1.807) is 0 Å². The van der Waals surface area contributed by atoms with E-state index in [2.05, 4.69) is 92.1 Å². The van der Waals surface area contributed by atoms with Gasteiger partial charge in [0.2, 0.25) is 5.52 Å². The van der Waals surface area contributed by atoms with E-state index in [-0.39, 0.29) is 0 Å². The van der Waals surface area contributed by atoms with Crippen LogP contribution in [-0.4, -0.2) is 7.05 Å². The van der Waals surface area contributed by atoms with Gasteiger partial charge in [-0.1, -0.05) is 23.9 Å². The van der Waals surface area contributed by atoms with Crippen LogP contribution in [0.5, 0.6) is 0 Å². The SMILES string of the molecule is Cc1cc2c(cc1C)N(C)/C(=C\c1cc[n+](C)c3ccccc13)S2. The van der Waals surface area contributed by atoms with Gasteiger partial charge in [-0.2, -0.15) is 0 Å². The van der Waals surface area contributed by atoms with Crippen LogP contribution in [0.25, 0.3) is 17.0 Å². The van der Waals surface area contributed by atoms with E-state index in [9.17, 15) is 0 Å². The molecule has 1 aliphatic heterocycles. The lowest BCUT2D eigenvalue weighted by Gasteiger charge is -2.14. The van der Waals surface area contributed by atoms with Crippen molar-refractivity contribution in [2.75, 3.05) is 11.9 Å². The molecule has 0 unspecified atom stereocenters. The Morgan fingerprint density at radius 1 is 1.04 bits per heavy atom. The molecular formula is C21H21N2S+. The number of rotatable bonds is 1. The minimum absolute atomic E-state index is 1.25. The first kappa shape index (κ1) is 15.3. The van der Waals surface area contributed by atoms with Gasteiger partial charge in [0.05, 0.1) is 16.1 Å². The van der Waals surface area contributed by atoms with Crippen LogP contribution >= 0.6 is 11.8 Å². The highest BCUT2D eigenvalue weighted by atomic mass is 32.2.